The van der Waals surface area contributed by atoms with Gasteiger partial charge in [-0.05, 0) is 38.5 Å². The van der Waals surface area contributed by atoms with Crippen LogP contribution < -0.4 is 5.32 Å². The molecule has 1 aliphatic rings. The Morgan fingerprint density at radius 3 is 2.30 bits per heavy atom. The van der Waals surface area contributed by atoms with Crippen molar-refractivity contribution in [2.24, 2.45) is 0 Å². The Hall–Kier alpha value is -2.32. The van der Waals surface area contributed by atoms with Crippen LogP contribution in [-0.4, -0.2) is 73.2 Å². The van der Waals surface area contributed by atoms with Crippen LogP contribution in [-0.2, 0) is 19.1 Å². The SMILES string of the molecule is CCOC(=O)C(c1ccc(Cl)cc1)N1CCN(C(=O)NCCC(=O)OC(C)C)CC1. The van der Waals surface area contributed by atoms with Crippen LogP contribution in [0.3, 0.4) is 0 Å². The third-order valence-electron chi connectivity index (χ3n) is 4.63. The Bertz CT molecular complexity index is 718. The standard InChI is InChI=1S/C21H30ClN3O5/c1-4-29-20(27)19(16-5-7-17(22)8-6-16)24-11-13-25(14-12-24)21(28)23-10-9-18(26)30-15(2)3/h5-8,15,19H,4,9-14H2,1-3H3,(H,23,28). The van der Waals surface area contributed by atoms with Gasteiger partial charge in [0, 0.05) is 37.7 Å². The van der Waals surface area contributed by atoms with Gasteiger partial charge in [0.15, 0.2) is 0 Å². The van der Waals surface area contributed by atoms with Gasteiger partial charge in [-0.3, -0.25) is 9.69 Å². The Morgan fingerprint density at radius 1 is 1.10 bits per heavy atom. The van der Waals surface area contributed by atoms with Crippen molar-refractivity contribution in [3.8, 4) is 0 Å². The lowest BCUT2D eigenvalue weighted by atomic mass is 10.0. The minimum atomic E-state index is -0.543. The minimum absolute atomic E-state index is 0.130. The largest absolute Gasteiger partial charge is 0.465 e. The molecule has 0 saturated carbocycles. The van der Waals surface area contributed by atoms with E-state index in [9.17, 15) is 14.4 Å². The Balaban J connectivity index is 1.89. The lowest BCUT2D eigenvalue weighted by Gasteiger charge is -2.38. The molecule has 1 saturated heterocycles. The van der Waals surface area contributed by atoms with E-state index in [4.69, 9.17) is 21.1 Å². The van der Waals surface area contributed by atoms with Gasteiger partial charge in [0.2, 0.25) is 0 Å². The van der Waals surface area contributed by atoms with Crippen molar-refractivity contribution in [3.63, 3.8) is 0 Å². The molecule has 9 heteroatoms. The summed E-state index contributed by atoms with van der Waals surface area (Å²) >= 11 is 5.97. The molecule has 1 aromatic rings. The van der Waals surface area contributed by atoms with E-state index in [2.05, 4.69) is 5.32 Å². The van der Waals surface area contributed by atoms with Crippen molar-refractivity contribution in [1.29, 1.82) is 0 Å². The van der Waals surface area contributed by atoms with Gasteiger partial charge in [-0.25, -0.2) is 9.59 Å². The van der Waals surface area contributed by atoms with Gasteiger partial charge in [0.1, 0.15) is 6.04 Å². The first kappa shape index (κ1) is 24.0. The third kappa shape index (κ3) is 7.18. The number of carbonyl (C=O) groups is 3. The van der Waals surface area contributed by atoms with Gasteiger partial charge in [-0.15, -0.1) is 0 Å². The number of hydrogen-bond acceptors (Lipinski definition) is 6. The molecule has 0 aromatic heterocycles. The van der Waals surface area contributed by atoms with E-state index in [0.717, 1.165) is 5.56 Å². The summed E-state index contributed by atoms with van der Waals surface area (Å²) in [6.07, 6.45) is -0.0416. The highest BCUT2D eigenvalue weighted by molar-refractivity contribution is 6.30. The fraction of sp³-hybridized carbons (Fsp3) is 0.571. The number of nitrogens with one attached hydrogen (secondary N) is 1. The quantitative estimate of drug-likeness (QED) is 0.626. The second kappa shape index (κ2) is 11.8. The number of amides is 2. The monoisotopic (exact) mass is 439 g/mol. The van der Waals surface area contributed by atoms with Gasteiger partial charge >= 0.3 is 18.0 Å². The van der Waals surface area contributed by atoms with Crippen LogP contribution in [0.15, 0.2) is 24.3 Å². The Kier molecular flexibility index (Phi) is 9.39. The summed E-state index contributed by atoms with van der Waals surface area (Å²) < 4.78 is 10.3. The second-order valence-electron chi connectivity index (χ2n) is 7.25. The zero-order valence-electron chi connectivity index (χ0n) is 17.7. The van der Waals surface area contributed by atoms with Crippen LogP contribution in [0, 0.1) is 0 Å². The maximum Gasteiger partial charge on any atom is 0.328 e. The number of halogens is 1. The first-order chi connectivity index (χ1) is 14.3. The van der Waals surface area contributed by atoms with E-state index in [0.29, 0.717) is 37.8 Å². The van der Waals surface area contributed by atoms with E-state index in [1.165, 1.54) is 0 Å². The number of rotatable bonds is 8. The van der Waals surface area contributed by atoms with Gasteiger partial charge in [0.25, 0.3) is 0 Å². The molecule has 1 aliphatic heterocycles. The summed E-state index contributed by atoms with van der Waals surface area (Å²) in [7, 11) is 0. The van der Waals surface area contributed by atoms with Crippen LogP contribution in [0.2, 0.25) is 5.02 Å². The summed E-state index contributed by atoms with van der Waals surface area (Å²) in [6.45, 7) is 7.83. The summed E-state index contributed by atoms with van der Waals surface area (Å²) in [5, 5.41) is 3.34. The maximum atomic E-state index is 12.6. The molecule has 2 rings (SSSR count). The van der Waals surface area contributed by atoms with Crippen LogP contribution in [0.4, 0.5) is 4.79 Å². The number of piperazine rings is 1. The van der Waals surface area contributed by atoms with E-state index in [1.807, 2.05) is 17.0 Å². The van der Waals surface area contributed by atoms with E-state index in [-0.39, 0.29) is 37.0 Å². The van der Waals surface area contributed by atoms with Crippen LogP contribution in [0.5, 0.6) is 0 Å². The molecule has 1 heterocycles. The van der Waals surface area contributed by atoms with Crippen molar-refractivity contribution in [3.05, 3.63) is 34.9 Å². The Morgan fingerprint density at radius 2 is 1.73 bits per heavy atom. The zero-order valence-corrected chi connectivity index (χ0v) is 18.5. The van der Waals surface area contributed by atoms with Crippen molar-refractivity contribution >= 4 is 29.6 Å². The van der Waals surface area contributed by atoms with Crippen molar-refractivity contribution in [2.75, 3.05) is 39.3 Å². The molecule has 1 unspecified atom stereocenters. The van der Waals surface area contributed by atoms with Crippen molar-refractivity contribution in [2.45, 2.75) is 39.3 Å². The summed E-state index contributed by atoms with van der Waals surface area (Å²) in [6, 6.07) is 6.36. The van der Waals surface area contributed by atoms with Crippen molar-refractivity contribution in [1.82, 2.24) is 15.1 Å². The van der Waals surface area contributed by atoms with E-state index in [1.54, 1.807) is 37.8 Å². The molecule has 1 fully saturated rings. The summed E-state index contributed by atoms with van der Waals surface area (Å²) in [5.41, 5.74) is 0.805. The number of ether oxygens (including phenoxy) is 2. The topological polar surface area (TPSA) is 88.2 Å². The normalized spacial score (nSPS) is 15.6. The molecule has 1 atom stereocenters. The molecular formula is C21H30ClN3O5. The molecule has 8 nitrogen and oxygen atoms in total. The fourth-order valence-corrected chi connectivity index (χ4v) is 3.38. The molecule has 0 aliphatic carbocycles. The fourth-order valence-electron chi connectivity index (χ4n) is 3.25. The third-order valence-corrected chi connectivity index (χ3v) is 4.89. The number of carbonyl (C=O) groups excluding carboxylic acids is 3. The first-order valence-electron chi connectivity index (χ1n) is 10.2. The molecule has 1 N–H and O–H groups in total. The zero-order chi connectivity index (χ0) is 22.1. The van der Waals surface area contributed by atoms with Gasteiger partial charge in [0.05, 0.1) is 19.1 Å². The van der Waals surface area contributed by atoms with Crippen molar-refractivity contribution < 1.29 is 23.9 Å². The number of urea groups is 1. The summed E-state index contributed by atoms with van der Waals surface area (Å²) in [5.74, 6) is -0.656. The van der Waals surface area contributed by atoms with Gasteiger partial charge in [-0.2, -0.15) is 0 Å². The first-order valence-corrected chi connectivity index (χ1v) is 10.6. The average molecular weight is 440 g/mol. The number of nitrogens with zero attached hydrogens (tertiary/aromatic N) is 2. The molecule has 0 radical (unpaired) electrons. The molecule has 30 heavy (non-hydrogen) atoms. The van der Waals surface area contributed by atoms with Gasteiger partial charge in [-0.1, -0.05) is 23.7 Å². The molecule has 0 bridgehead atoms. The smallest absolute Gasteiger partial charge is 0.328 e. The number of benzene rings is 1. The highest BCUT2D eigenvalue weighted by atomic mass is 35.5. The van der Waals surface area contributed by atoms with Crippen LogP contribution >= 0.6 is 11.6 Å². The predicted molar refractivity (Wildman–Crippen MR) is 113 cm³/mol. The minimum Gasteiger partial charge on any atom is -0.465 e. The summed E-state index contributed by atoms with van der Waals surface area (Å²) in [4.78, 5) is 40.2. The number of esters is 2. The molecule has 2 amide bonds. The average Bonchev–Trinajstić information content (AvgIpc) is 2.70. The lowest BCUT2D eigenvalue weighted by Crippen LogP contribution is -2.53. The lowest BCUT2D eigenvalue weighted by molar-refractivity contribution is -0.150. The molecule has 166 valence electrons. The van der Waals surface area contributed by atoms with Crippen LogP contribution in [0.25, 0.3) is 0 Å². The van der Waals surface area contributed by atoms with Crippen LogP contribution in [0.1, 0.15) is 38.8 Å². The highest BCUT2D eigenvalue weighted by Gasteiger charge is 2.32. The Labute approximate surface area is 182 Å². The molecule has 0 spiro atoms. The second-order valence-corrected chi connectivity index (χ2v) is 7.69. The highest BCUT2D eigenvalue weighted by Crippen LogP contribution is 2.25. The molecule has 1 aromatic carbocycles. The van der Waals surface area contributed by atoms with E-state index < -0.39 is 6.04 Å². The van der Waals surface area contributed by atoms with E-state index >= 15 is 0 Å². The maximum absolute atomic E-state index is 12.6. The predicted octanol–water partition coefficient (Wildman–Crippen LogP) is 2.61. The molecular weight excluding hydrogens is 410 g/mol. The number of hydrogen-bond donors (Lipinski definition) is 1. The van der Waals surface area contributed by atoms with Gasteiger partial charge < -0.3 is 19.7 Å².